The number of benzene rings is 1. The summed E-state index contributed by atoms with van der Waals surface area (Å²) in [5.41, 5.74) is 4.14. The average Bonchev–Trinajstić information content (AvgIpc) is 2.83. The van der Waals surface area contributed by atoms with Gasteiger partial charge >= 0.3 is 0 Å². The van der Waals surface area contributed by atoms with E-state index in [0.29, 0.717) is 6.04 Å². The number of aryl methyl sites for hydroxylation is 1. The number of aliphatic hydroxyl groups excluding tert-OH is 1. The van der Waals surface area contributed by atoms with Gasteiger partial charge in [0.25, 0.3) is 0 Å². The van der Waals surface area contributed by atoms with Crippen LogP contribution in [0.3, 0.4) is 0 Å². The lowest BCUT2D eigenvalue weighted by atomic mass is 9.91. The maximum absolute atomic E-state index is 9.31. The highest BCUT2D eigenvalue weighted by atomic mass is 16.3. The van der Waals surface area contributed by atoms with Crippen LogP contribution in [-0.4, -0.2) is 22.7 Å². The van der Waals surface area contributed by atoms with Crippen molar-refractivity contribution in [1.29, 1.82) is 0 Å². The molecule has 3 rings (SSSR count). The van der Waals surface area contributed by atoms with Gasteiger partial charge in [-0.05, 0) is 57.2 Å². The number of hydrogen-bond donors (Lipinski definition) is 3. The van der Waals surface area contributed by atoms with Crippen molar-refractivity contribution in [1.82, 2.24) is 10.3 Å². The Kier molecular flexibility index (Phi) is 4.08. The van der Waals surface area contributed by atoms with Crippen molar-refractivity contribution in [2.75, 3.05) is 6.54 Å². The number of aromatic nitrogens is 1. The summed E-state index contributed by atoms with van der Waals surface area (Å²) < 4.78 is 0. The molecule has 1 heterocycles. The van der Waals surface area contributed by atoms with Gasteiger partial charge in [-0.25, -0.2) is 0 Å². The summed E-state index contributed by atoms with van der Waals surface area (Å²) in [5, 5.41) is 14.3. The van der Waals surface area contributed by atoms with Gasteiger partial charge in [-0.2, -0.15) is 0 Å². The van der Waals surface area contributed by atoms with Crippen molar-refractivity contribution in [2.45, 2.75) is 51.2 Å². The largest absolute Gasteiger partial charge is 0.393 e. The van der Waals surface area contributed by atoms with Gasteiger partial charge < -0.3 is 15.4 Å². The molecule has 1 aliphatic carbocycles. The number of rotatable bonds is 5. The predicted molar refractivity (Wildman–Crippen MR) is 82.9 cm³/mol. The zero-order valence-electron chi connectivity index (χ0n) is 12.2. The van der Waals surface area contributed by atoms with Crippen LogP contribution in [0.5, 0.6) is 0 Å². The van der Waals surface area contributed by atoms with Crippen LogP contribution in [0.2, 0.25) is 0 Å². The highest BCUT2D eigenvalue weighted by Crippen LogP contribution is 2.34. The molecular weight excluding hydrogens is 248 g/mol. The molecule has 3 N–H and O–H groups in total. The van der Waals surface area contributed by atoms with E-state index in [0.717, 1.165) is 19.4 Å². The minimum absolute atomic E-state index is 0.188. The van der Waals surface area contributed by atoms with Gasteiger partial charge in [0, 0.05) is 22.6 Å². The number of H-pyrrole nitrogens is 1. The van der Waals surface area contributed by atoms with Gasteiger partial charge in [-0.15, -0.1) is 0 Å². The number of fused-ring (bicyclic) bond motifs is 3. The van der Waals surface area contributed by atoms with E-state index in [1.54, 1.807) is 0 Å². The number of aromatic amines is 1. The lowest BCUT2D eigenvalue weighted by molar-refractivity contribution is 0.180. The Morgan fingerprint density at radius 2 is 2.25 bits per heavy atom. The van der Waals surface area contributed by atoms with E-state index in [1.165, 1.54) is 41.4 Å². The Morgan fingerprint density at radius 1 is 1.40 bits per heavy atom. The predicted octanol–water partition coefficient (Wildman–Crippen LogP) is 3.30. The van der Waals surface area contributed by atoms with E-state index < -0.39 is 0 Å². The Balaban J connectivity index is 1.73. The minimum Gasteiger partial charge on any atom is -0.393 e. The van der Waals surface area contributed by atoms with E-state index >= 15 is 0 Å². The second kappa shape index (κ2) is 5.98. The minimum atomic E-state index is -0.188. The van der Waals surface area contributed by atoms with Crippen molar-refractivity contribution in [3.63, 3.8) is 0 Å². The molecular formula is C17H24N2O. The smallest absolute Gasteiger partial charge is 0.0512 e. The molecule has 3 heteroatoms. The molecule has 2 aromatic rings. The molecule has 0 bridgehead atoms. The Labute approximate surface area is 120 Å². The Hall–Kier alpha value is -1.32. The number of para-hydroxylation sites is 1. The SMILES string of the molecule is CC(O)CCCNC1CCCc2c1[nH]c1ccccc21. The first-order valence-corrected chi connectivity index (χ1v) is 7.76. The Bertz CT molecular complexity index is 573. The first-order valence-electron chi connectivity index (χ1n) is 7.76. The molecule has 0 fully saturated rings. The molecule has 108 valence electrons. The monoisotopic (exact) mass is 272 g/mol. The molecule has 1 aliphatic rings. The van der Waals surface area contributed by atoms with Crippen LogP contribution in [0, 0.1) is 0 Å². The van der Waals surface area contributed by atoms with Gasteiger partial charge in [-0.3, -0.25) is 0 Å². The van der Waals surface area contributed by atoms with Gasteiger partial charge in [-0.1, -0.05) is 18.2 Å². The normalized spacial score (nSPS) is 20.0. The van der Waals surface area contributed by atoms with Crippen molar-refractivity contribution >= 4 is 10.9 Å². The maximum atomic E-state index is 9.31. The fourth-order valence-electron chi connectivity index (χ4n) is 3.29. The zero-order chi connectivity index (χ0) is 13.9. The van der Waals surface area contributed by atoms with E-state index in [1.807, 2.05) is 6.92 Å². The van der Waals surface area contributed by atoms with Crippen LogP contribution >= 0.6 is 0 Å². The molecule has 0 saturated carbocycles. The average molecular weight is 272 g/mol. The molecule has 2 unspecified atom stereocenters. The van der Waals surface area contributed by atoms with Crippen LogP contribution < -0.4 is 5.32 Å². The third kappa shape index (κ3) is 2.74. The molecule has 0 amide bonds. The second-order valence-electron chi connectivity index (χ2n) is 5.95. The Morgan fingerprint density at radius 3 is 3.10 bits per heavy atom. The first-order chi connectivity index (χ1) is 9.75. The van der Waals surface area contributed by atoms with Gasteiger partial charge in [0.05, 0.1) is 6.10 Å². The molecule has 1 aromatic heterocycles. The van der Waals surface area contributed by atoms with Gasteiger partial charge in [0.2, 0.25) is 0 Å². The lowest BCUT2D eigenvalue weighted by Crippen LogP contribution is -2.26. The summed E-state index contributed by atoms with van der Waals surface area (Å²) in [4.78, 5) is 3.60. The topological polar surface area (TPSA) is 48.0 Å². The second-order valence-corrected chi connectivity index (χ2v) is 5.95. The van der Waals surface area contributed by atoms with Crippen LogP contribution in [0.1, 0.15) is 49.9 Å². The molecule has 3 nitrogen and oxygen atoms in total. The van der Waals surface area contributed by atoms with E-state index in [-0.39, 0.29) is 6.10 Å². The number of hydrogen-bond acceptors (Lipinski definition) is 2. The highest BCUT2D eigenvalue weighted by Gasteiger charge is 2.23. The maximum Gasteiger partial charge on any atom is 0.0512 e. The standard InChI is InChI=1S/C17H24N2O/c1-12(20)6-5-11-18-16-10-4-8-14-13-7-2-3-9-15(13)19-17(14)16/h2-3,7,9,12,16,18-20H,4-6,8,10-11H2,1H3. The molecule has 2 atom stereocenters. The molecule has 0 spiro atoms. The molecule has 20 heavy (non-hydrogen) atoms. The quantitative estimate of drug-likeness (QED) is 0.731. The first kappa shape index (κ1) is 13.7. The van der Waals surface area contributed by atoms with Crippen LogP contribution in [0.15, 0.2) is 24.3 Å². The molecule has 1 aromatic carbocycles. The van der Waals surface area contributed by atoms with E-state index in [4.69, 9.17) is 0 Å². The third-order valence-corrected chi connectivity index (χ3v) is 4.30. The van der Waals surface area contributed by atoms with E-state index in [2.05, 4.69) is 34.6 Å². The van der Waals surface area contributed by atoms with Gasteiger partial charge in [0.15, 0.2) is 0 Å². The summed E-state index contributed by atoms with van der Waals surface area (Å²) in [6.07, 6.45) is 5.36. The van der Waals surface area contributed by atoms with Crippen molar-refractivity contribution in [3.8, 4) is 0 Å². The fraction of sp³-hybridized carbons (Fsp3) is 0.529. The van der Waals surface area contributed by atoms with Crippen LogP contribution in [0.25, 0.3) is 10.9 Å². The highest BCUT2D eigenvalue weighted by molar-refractivity contribution is 5.85. The summed E-state index contributed by atoms with van der Waals surface area (Å²) >= 11 is 0. The summed E-state index contributed by atoms with van der Waals surface area (Å²) in [6.45, 7) is 2.83. The molecule has 0 saturated heterocycles. The summed E-state index contributed by atoms with van der Waals surface area (Å²) in [5.74, 6) is 0. The number of aliphatic hydroxyl groups is 1. The lowest BCUT2D eigenvalue weighted by Gasteiger charge is -2.24. The van der Waals surface area contributed by atoms with Gasteiger partial charge in [0.1, 0.15) is 0 Å². The van der Waals surface area contributed by atoms with Crippen LogP contribution in [-0.2, 0) is 6.42 Å². The van der Waals surface area contributed by atoms with Crippen molar-refractivity contribution in [3.05, 3.63) is 35.5 Å². The third-order valence-electron chi connectivity index (χ3n) is 4.30. The molecule has 0 radical (unpaired) electrons. The zero-order valence-corrected chi connectivity index (χ0v) is 12.2. The summed E-state index contributed by atoms with van der Waals surface area (Å²) in [7, 11) is 0. The van der Waals surface area contributed by atoms with Crippen molar-refractivity contribution < 1.29 is 5.11 Å². The number of nitrogens with one attached hydrogen (secondary N) is 2. The summed E-state index contributed by atoms with van der Waals surface area (Å²) in [6, 6.07) is 9.05. The molecule has 0 aliphatic heterocycles. The fourth-order valence-corrected chi connectivity index (χ4v) is 3.29. The van der Waals surface area contributed by atoms with E-state index in [9.17, 15) is 5.11 Å². The van der Waals surface area contributed by atoms with Crippen molar-refractivity contribution in [2.24, 2.45) is 0 Å². The van der Waals surface area contributed by atoms with Crippen LogP contribution in [0.4, 0.5) is 0 Å².